The van der Waals surface area contributed by atoms with Crippen molar-refractivity contribution in [2.45, 2.75) is 53.2 Å². The lowest BCUT2D eigenvalue weighted by atomic mass is 10.0. The molecule has 1 N–H and O–H groups in total. The lowest BCUT2D eigenvalue weighted by Crippen LogP contribution is -2.36. The van der Waals surface area contributed by atoms with Gasteiger partial charge in [-0.1, -0.05) is 43.6 Å². The summed E-state index contributed by atoms with van der Waals surface area (Å²) in [6.45, 7) is 8.44. The number of carbonyl (C=O) groups excluding carboxylic acids is 1. The molecule has 0 aliphatic rings. The number of aryl methyl sites for hydroxylation is 3. The van der Waals surface area contributed by atoms with Gasteiger partial charge in [0.2, 0.25) is 0 Å². The van der Waals surface area contributed by atoms with E-state index >= 15 is 0 Å². The van der Waals surface area contributed by atoms with Crippen molar-refractivity contribution in [3.63, 3.8) is 0 Å². The Bertz CT molecular complexity index is 743. The van der Waals surface area contributed by atoms with Crippen LogP contribution < -0.4 is 10.1 Å². The first-order valence-corrected chi connectivity index (χ1v) is 9.13. The monoisotopic (exact) mass is 359 g/mol. The van der Waals surface area contributed by atoms with Crippen LogP contribution in [0, 0.1) is 6.92 Å². The van der Waals surface area contributed by atoms with Crippen molar-refractivity contribution < 1.29 is 9.53 Å². The summed E-state index contributed by atoms with van der Waals surface area (Å²) in [5.41, 5.74) is 4.64. The van der Waals surface area contributed by atoms with Crippen LogP contribution in [0.3, 0.4) is 0 Å². The summed E-state index contributed by atoms with van der Waals surface area (Å²) < 4.78 is 5.73. The lowest BCUT2D eigenvalue weighted by molar-refractivity contribution is -0.127. The SMILES string of the molecule is CCc1ccc(CC)c(CNC(=O)[C@@H](C)Oc2ccc(Cl)c(C)c2)c1. The Morgan fingerprint density at radius 3 is 2.52 bits per heavy atom. The van der Waals surface area contributed by atoms with E-state index in [1.807, 2.05) is 13.0 Å². The van der Waals surface area contributed by atoms with Gasteiger partial charge in [0, 0.05) is 11.6 Å². The number of amides is 1. The fraction of sp³-hybridized carbons (Fsp3) is 0.381. The number of halogens is 1. The molecule has 0 unspecified atom stereocenters. The summed E-state index contributed by atoms with van der Waals surface area (Å²) in [7, 11) is 0. The number of benzene rings is 2. The second-order valence-corrected chi connectivity index (χ2v) is 6.61. The molecule has 0 saturated heterocycles. The van der Waals surface area contributed by atoms with Gasteiger partial charge in [-0.3, -0.25) is 4.79 Å². The van der Waals surface area contributed by atoms with Crippen molar-refractivity contribution in [3.05, 3.63) is 63.7 Å². The fourth-order valence-electron chi connectivity index (χ4n) is 2.68. The number of nitrogens with one attached hydrogen (secondary N) is 1. The van der Waals surface area contributed by atoms with E-state index < -0.39 is 6.10 Å². The van der Waals surface area contributed by atoms with Crippen molar-refractivity contribution in [3.8, 4) is 5.75 Å². The Morgan fingerprint density at radius 1 is 1.12 bits per heavy atom. The molecule has 0 aliphatic heterocycles. The molecule has 3 nitrogen and oxygen atoms in total. The van der Waals surface area contributed by atoms with Gasteiger partial charge in [-0.05, 0) is 67.1 Å². The van der Waals surface area contributed by atoms with E-state index in [9.17, 15) is 4.79 Å². The molecular formula is C21H26ClNO2. The van der Waals surface area contributed by atoms with Crippen LogP contribution in [0.15, 0.2) is 36.4 Å². The van der Waals surface area contributed by atoms with Gasteiger partial charge in [-0.25, -0.2) is 0 Å². The molecule has 0 aliphatic carbocycles. The first-order chi connectivity index (χ1) is 11.9. The molecule has 0 spiro atoms. The smallest absolute Gasteiger partial charge is 0.261 e. The third kappa shape index (κ3) is 5.23. The Morgan fingerprint density at radius 2 is 1.88 bits per heavy atom. The maximum Gasteiger partial charge on any atom is 0.261 e. The number of ether oxygens (including phenoxy) is 1. The summed E-state index contributed by atoms with van der Waals surface area (Å²) in [4.78, 5) is 12.4. The van der Waals surface area contributed by atoms with Crippen LogP contribution in [0.25, 0.3) is 0 Å². The van der Waals surface area contributed by atoms with Gasteiger partial charge >= 0.3 is 0 Å². The Kier molecular flexibility index (Phi) is 6.89. The molecule has 0 bridgehead atoms. The third-order valence-corrected chi connectivity index (χ3v) is 4.75. The van der Waals surface area contributed by atoms with Crippen molar-refractivity contribution in [2.75, 3.05) is 0 Å². The summed E-state index contributed by atoms with van der Waals surface area (Å²) >= 11 is 6.02. The van der Waals surface area contributed by atoms with Crippen LogP contribution >= 0.6 is 11.6 Å². The van der Waals surface area contributed by atoms with Gasteiger partial charge < -0.3 is 10.1 Å². The van der Waals surface area contributed by atoms with Gasteiger partial charge in [0.05, 0.1) is 0 Å². The van der Waals surface area contributed by atoms with Crippen LogP contribution in [0.1, 0.15) is 43.0 Å². The highest BCUT2D eigenvalue weighted by Gasteiger charge is 2.15. The zero-order valence-corrected chi connectivity index (χ0v) is 16.1. The van der Waals surface area contributed by atoms with Crippen LogP contribution in [0.4, 0.5) is 0 Å². The highest BCUT2D eigenvalue weighted by Crippen LogP contribution is 2.22. The van der Waals surface area contributed by atoms with E-state index in [0.717, 1.165) is 18.4 Å². The van der Waals surface area contributed by atoms with Crippen molar-refractivity contribution in [2.24, 2.45) is 0 Å². The molecular weight excluding hydrogens is 334 g/mol. The maximum absolute atomic E-state index is 12.4. The average Bonchev–Trinajstić information content (AvgIpc) is 2.62. The van der Waals surface area contributed by atoms with E-state index in [0.29, 0.717) is 17.3 Å². The Balaban J connectivity index is 1.98. The maximum atomic E-state index is 12.4. The van der Waals surface area contributed by atoms with Crippen LogP contribution in [-0.2, 0) is 24.2 Å². The molecule has 25 heavy (non-hydrogen) atoms. The molecule has 4 heteroatoms. The number of hydrogen-bond donors (Lipinski definition) is 1. The number of rotatable bonds is 7. The highest BCUT2D eigenvalue weighted by atomic mass is 35.5. The van der Waals surface area contributed by atoms with Gasteiger partial charge in [0.25, 0.3) is 5.91 Å². The number of hydrogen-bond acceptors (Lipinski definition) is 2. The summed E-state index contributed by atoms with van der Waals surface area (Å²) in [5.74, 6) is 0.517. The zero-order valence-electron chi connectivity index (χ0n) is 15.4. The van der Waals surface area contributed by atoms with E-state index in [-0.39, 0.29) is 5.91 Å². The van der Waals surface area contributed by atoms with Crippen molar-refractivity contribution in [1.29, 1.82) is 0 Å². The molecule has 2 rings (SSSR count). The molecule has 0 aromatic heterocycles. The molecule has 2 aromatic carbocycles. The predicted molar refractivity (Wildman–Crippen MR) is 103 cm³/mol. The van der Waals surface area contributed by atoms with Crippen molar-refractivity contribution in [1.82, 2.24) is 5.32 Å². The lowest BCUT2D eigenvalue weighted by Gasteiger charge is -2.16. The highest BCUT2D eigenvalue weighted by molar-refractivity contribution is 6.31. The van der Waals surface area contributed by atoms with E-state index in [1.165, 1.54) is 16.7 Å². The van der Waals surface area contributed by atoms with Gasteiger partial charge in [0.15, 0.2) is 6.10 Å². The predicted octanol–water partition coefficient (Wildman–Crippen LogP) is 4.86. The second-order valence-electron chi connectivity index (χ2n) is 6.20. The fourth-order valence-corrected chi connectivity index (χ4v) is 2.80. The normalized spacial score (nSPS) is 11.9. The minimum atomic E-state index is -0.569. The quantitative estimate of drug-likeness (QED) is 0.766. The van der Waals surface area contributed by atoms with E-state index in [2.05, 4.69) is 37.4 Å². The van der Waals surface area contributed by atoms with Crippen LogP contribution in [0.5, 0.6) is 5.75 Å². The minimum absolute atomic E-state index is 0.128. The van der Waals surface area contributed by atoms with Gasteiger partial charge in [-0.15, -0.1) is 0 Å². The first-order valence-electron chi connectivity index (χ1n) is 8.75. The molecule has 1 atom stereocenters. The third-order valence-electron chi connectivity index (χ3n) is 4.32. The van der Waals surface area contributed by atoms with E-state index in [4.69, 9.17) is 16.3 Å². The molecule has 0 radical (unpaired) electrons. The van der Waals surface area contributed by atoms with Gasteiger partial charge in [0.1, 0.15) is 5.75 Å². The first kappa shape index (κ1) is 19.3. The minimum Gasteiger partial charge on any atom is -0.481 e. The average molecular weight is 360 g/mol. The number of carbonyl (C=O) groups is 1. The molecule has 134 valence electrons. The zero-order chi connectivity index (χ0) is 18.4. The molecule has 0 saturated carbocycles. The molecule has 0 heterocycles. The van der Waals surface area contributed by atoms with Gasteiger partial charge in [-0.2, -0.15) is 0 Å². The summed E-state index contributed by atoms with van der Waals surface area (Å²) in [6.07, 6.45) is 1.37. The molecule has 1 amide bonds. The van der Waals surface area contributed by atoms with Crippen molar-refractivity contribution >= 4 is 17.5 Å². The summed E-state index contributed by atoms with van der Waals surface area (Å²) in [6, 6.07) is 11.9. The molecule has 2 aromatic rings. The largest absolute Gasteiger partial charge is 0.481 e. The molecule has 0 fully saturated rings. The van der Waals surface area contributed by atoms with E-state index in [1.54, 1.807) is 19.1 Å². The Labute approximate surface area is 155 Å². The van der Waals surface area contributed by atoms with Crippen LogP contribution in [-0.4, -0.2) is 12.0 Å². The standard InChI is InChI=1S/C21H26ClNO2/c1-5-16-7-8-17(6-2)18(12-16)13-23-21(24)15(4)25-19-9-10-20(22)14(3)11-19/h7-12,15H,5-6,13H2,1-4H3,(H,23,24)/t15-/m1/s1. The second kappa shape index (κ2) is 8.91. The topological polar surface area (TPSA) is 38.3 Å². The van der Waals surface area contributed by atoms with Crippen LogP contribution in [0.2, 0.25) is 5.02 Å². The Hall–Kier alpha value is -2.00. The summed E-state index contributed by atoms with van der Waals surface area (Å²) in [5, 5.41) is 3.67.